The van der Waals surface area contributed by atoms with E-state index < -0.39 is 18.1 Å². The van der Waals surface area contributed by atoms with Crippen LogP contribution >= 0.6 is 0 Å². The number of aliphatic carboxylic acids is 1. The van der Waals surface area contributed by atoms with Gasteiger partial charge in [0, 0.05) is 37.0 Å². The number of carboxylic acid groups (broad SMARTS) is 1. The third-order valence-electron chi connectivity index (χ3n) is 5.46. The van der Waals surface area contributed by atoms with Gasteiger partial charge in [0.2, 0.25) is 0 Å². The number of carbonyl (C=O) groups is 1. The van der Waals surface area contributed by atoms with E-state index in [4.69, 9.17) is 0 Å². The molecule has 0 bridgehead atoms. The monoisotopic (exact) mass is 429 g/mol. The van der Waals surface area contributed by atoms with Crippen LogP contribution < -0.4 is 21.1 Å². The predicted molar refractivity (Wildman–Crippen MR) is 120 cm³/mol. The number of aromatic amines is 1. The lowest BCUT2D eigenvalue weighted by Crippen LogP contribution is -2.44. The molecule has 2 unspecified atom stereocenters. The van der Waals surface area contributed by atoms with E-state index in [0.29, 0.717) is 12.1 Å². The van der Waals surface area contributed by atoms with Crippen LogP contribution in [0.1, 0.15) is 29.8 Å². The van der Waals surface area contributed by atoms with Gasteiger partial charge >= 0.3 is 5.97 Å². The molecule has 0 aliphatic carbocycles. The van der Waals surface area contributed by atoms with Gasteiger partial charge in [0.15, 0.2) is 0 Å². The highest BCUT2D eigenvalue weighted by atomic mass is 16.4. The SMILES string of the molecule is Cc1cc(C2Nc3cc(CNC(C(=O)O)[C@@H](C)O)ccc3N2CCN(C)C)c[nH]c1=O. The summed E-state index contributed by atoms with van der Waals surface area (Å²) >= 11 is 0. The number of pyridine rings is 1. The molecule has 3 atom stereocenters. The molecule has 2 heterocycles. The van der Waals surface area contributed by atoms with Crippen LogP contribution in [-0.4, -0.2) is 65.4 Å². The number of H-pyrrole nitrogens is 1. The smallest absolute Gasteiger partial charge is 0.323 e. The van der Waals surface area contributed by atoms with Crippen LogP contribution in [-0.2, 0) is 11.3 Å². The molecule has 0 fully saturated rings. The summed E-state index contributed by atoms with van der Waals surface area (Å²) in [6.45, 7) is 5.21. The van der Waals surface area contributed by atoms with Gasteiger partial charge in [-0.3, -0.25) is 14.9 Å². The first-order valence-corrected chi connectivity index (χ1v) is 10.3. The topological polar surface area (TPSA) is 121 Å². The number of likely N-dealkylation sites (N-methyl/N-ethyl adjacent to an activating group) is 1. The number of aliphatic hydroxyl groups excluding tert-OH is 1. The van der Waals surface area contributed by atoms with E-state index in [2.05, 4.69) is 25.4 Å². The lowest BCUT2D eigenvalue weighted by Gasteiger charge is -2.28. The van der Waals surface area contributed by atoms with E-state index in [-0.39, 0.29) is 11.7 Å². The Morgan fingerprint density at radius 2 is 2.06 bits per heavy atom. The molecular weight excluding hydrogens is 398 g/mol. The van der Waals surface area contributed by atoms with Crippen LogP contribution in [0.3, 0.4) is 0 Å². The van der Waals surface area contributed by atoms with Gasteiger partial charge in [-0.05, 0) is 51.7 Å². The zero-order valence-electron chi connectivity index (χ0n) is 18.3. The van der Waals surface area contributed by atoms with Gasteiger partial charge in [0.05, 0.1) is 17.5 Å². The molecule has 0 amide bonds. The minimum absolute atomic E-state index is 0.0986. The molecule has 1 aliphatic rings. The second kappa shape index (κ2) is 9.51. The Morgan fingerprint density at radius 1 is 1.32 bits per heavy atom. The number of hydrogen-bond acceptors (Lipinski definition) is 7. The number of nitrogens with one attached hydrogen (secondary N) is 3. The van der Waals surface area contributed by atoms with Crippen molar-refractivity contribution >= 4 is 17.3 Å². The lowest BCUT2D eigenvalue weighted by atomic mass is 10.1. The predicted octanol–water partition coefficient (Wildman–Crippen LogP) is 1.10. The number of hydrogen-bond donors (Lipinski definition) is 5. The standard InChI is InChI=1S/C22H31N5O4/c1-13-9-16(12-24-21(13)29)20-25-17-10-15(11-23-19(14(2)28)22(30)31)5-6-18(17)27(20)8-7-26(3)4/h5-6,9-10,12,14,19-20,23,25,28H,7-8,11H2,1-4H3,(H,24,29)(H,30,31)/t14-,19?,20?/m1/s1. The van der Waals surface area contributed by atoms with Crippen LogP contribution in [0.2, 0.25) is 0 Å². The average Bonchev–Trinajstić information content (AvgIpc) is 3.05. The Bertz CT molecular complexity index is 988. The van der Waals surface area contributed by atoms with Gasteiger partial charge in [-0.1, -0.05) is 6.07 Å². The number of nitrogens with zero attached hydrogens (tertiary/aromatic N) is 2. The molecule has 0 spiro atoms. The Hall–Kier alpha value is -2.88. The van der Waals surface area contributed by atoms with E-state index >= 15 is 0 Å². The fourth-order valence-electron chi connectivity index (χ4n) is 3.71. The Kier molecular flexibility index (Phi) is 6.99. The van der Waals surface area contributed by atoms with Crippen molar-refractivity contribution in [2.75, 3.05) is 37.4 Å². The summed E-state index contributed by atoms with van der Waals surface area (Å²) in [4.78, 5) is 30.3. The molecule has 9 heteroatoms. The van der Waals surface area contributed by atoms with Crippen molar-refractivity contribution < 1.29 is 15.0 Å². The number of rotatable bonds is 9. The van der Waals surface area contributed by atoms with Crippen LogP contribution in [0.5, 0.6) is 0 Å². The first-order chi connectivity index (χ1) is 14.7. The molecule has 5 N–H and O–H groups in total. The number of aliphatic hydroxyl groups is 1. The number of benzene rings is 1. The van der Waals surface area contributed by atoms with Crippen molar-refractivity contribution in [1.29, 1.82) is 0 Å². The lowest BCUT2D eigenvalue weighted by molar-refractivity contribution is -0.142. The van der Waals surface area contributed by atoms with Crippen molar-refractivity contribution in [3.8, 4) is 0 Å². The third-order valence-corrected chi connectivity index (χ3v) is 5.46. The molecule has 0 radical (unpaired) electrons. The van der Waals surface area contributed by atoms with Crippen LogP contribution in [0.15, 0.2) is 35.3 Å². The zero-order valence-corrected chi connectivity index (χ0v) is 18.3. The highest BCUT2D eigenvalue weighted by Gasteiger charge is 2.30. The zero-order chi connectivity index (χ0) is 22.7. The fraction of sp³-hybridized carbons (Fsp3) is 0.455. The van der Waals surface area contributed by atoms with Gasteiger partial charge in [-0.25, -0.2) is 0 Å². The van der Waals surface area contributed by atoms with E-state index in [1.54, 1.807) is 13.1 Å². The minimum atomic E-state index is -1.09. The summed E-state index contributed by atoms with van der Waals surface area (Å²) < 4.78 is 0. The third kappa shape index (κ3) is 5.25. The van der Waals surface area contributed by atoms with Crippen molar-refractivity contribution in [3.63, 3.8) is 0 Å². The highest BCUT2D eigenvalue weighted by molar-refractivity contribution is 5.77. The van der Waals surface area contributed by atoms with E-state index in [1.807, 2.05) is 38.4 Å². The van der Waals surface area contributed by atoms with E-state index in [1.165, 1.54) is 6.92 Å². The molecule has 1 aromatic heterocycles. The van der Waals surface area contributed by atoms with Crippen molar-refractivity contribution in [2.45, 2.75) is 38.7 Å². The van der Waals surface area contributed by atoms with Gasteiger partial charge in [-0.15, -0.1) is 0 Å². The largest absolute Gasteiger partial charge is 0.480 e. The molecule has 1 aromatic carbocycles. The summed E-state index contributed by atoms with van der Waals surface area (Å²) in [5, 5.41) is 25.3. The summed E-state index contributed by atoms with van der Waals surface area (Å²) in [7, 11) is 4.05. The van der Waals surface area contributed by atoms with Crippen molar-refractivity contribution in [1.82, 2.24) is 15.2 Å². The van der Waals surface area contributed by atoms with E-state index in [0.717, 1.165) is 35.6 Å². The maximum absolute atomic E-state index is 11.8. The maximum atomic E-state index is 11.8. The van der Waals surface area contributed by atoms with Gasteiger partial charge in [-0.2, -0.15) is 0 Å². The molecule has 168 valence electrons. The van der Waals surface area contributed by atoms with Crippen molar-refractivity contribution in [3.05, 3.63) is 57.5 Å². The molecule has 9 nitrogen and oxygen atoms in total. The van der Waals surface area contributed by atoms with Crippen molar-refractivity contribution in [2.24, 2.45) is 0 Å². The van der Waals surface area contributed by atoms with Crippen LogP contribution in [0, 0.1) is 6.92 Å². The van der Waals surface area contributed by atoms with E-state index in [9.17, 15) is 19.8 Å². The molecule has 0 saturated carbocycles. The Labute approximate surface area is 181 Å². The quantitative estimate of drug-likeness (QED) is 0.402. The number of anilines is 2. The molecule has 31 heavy (non-hydrogen) atoms. The highest BCUT2D eigenvalue weighted by Crippen LogP contribution is 2.41. The summed E-state index contributed by atoms with van der Waals surface area (Å²) in [5.41, 5.74) is 4.42. The molecule has 1 aliphatic heterocycles. The number of carboxylic acids is 1. The summed E-state index contributed by atoms with van der Waals surface area (Å²) in [6, 6.07) is 6.83. The maximum Gasteiger partial charge on any atom is 0.323 e. The van der Waals surface area contributed by atoms with Gasteiger partial charge < -0.3 is 30.3 Å². The average molecular weight is 430 g/mol. The first-order valence-electron chi connectivity index (χ1n) is 10.3. The fourth-order valence-corrected chi connectivity index (χ4v) is 3.71. The second-order valence-corrected chi connectivity index (χ2v) is 8.28. The normalized spacial score (nSPS) is 17.4. The summed E-state index contributed by atoms with van der Waals surface area (Å²) in [5.74, 6) is -1.09. The summed E-state index contributed by atoms with van der Waals surface area (Å²) in [6.07, 6.45) is 0.613. The number of aryl methyl sites for hydroxylation is 1. The Balaban J connectivity index is 1.85. The molecule has 3 rings (SSSR count). The van der Waals surface area contributed by atoms with Crippen LogP contribution in [0.4, 0.5) is 11.4 Å². The number of aromatic nitrogens is 1. The minimum Gasteiger partial charge on any atom is -0.480 e. The molecule has 2 aromatic rings. The van der Waals surface area contributed by atoms with Crippen LogP contribution in [0.25, 0.3) is 0 Å². The first kappa shape index (κ1) is 22.8. The molecular formula is C22H31N5O4. The number of fused-ring (bicyclic) bond motifs is 1. The second-order valence-electron chi connectivity index (χ2n) is 8.28. The Morgan fingerprint density at radius 3 is 2.68 bits per heavy atom. The van der Waals surface area contributed by atoms with Gasteiger partial charge in [0.25, 0.3) is 5.56 Å². The molecule has 0 saturated heterocycles. The van der Waals surface area contributed by atoms with Gasteiger partial charge in [0.1, 0.15) is 12.2 Å².